The van der Waals surface area contributed by atoms with Gasteiger partial charge >= 0.3 is 0 Å². The molecule has 2 N–H and O–H groups in total. The second kappa shape index (κ2) is 4.14. The molecule has 0 amide bonds. The van der Waals surface area contributed by atoms with Crippen LogP contribution >= 0.6 is 0 Å². The summed E-state index contributed by atoms with van der Waals surface area (Å²) in [6.07, 6.45) is 1.50. The quantitative estimate of drug-likeness (QED) is 0.767. The Bertz CT molecular complexity index is 545. The molecule has 5 heteroatoms. The lowest BCUT2D eigenvalue weighted by atomic mass is 10.2. The number of hydrogen-bond donors (Lipinski definition) is 1. The van der Waals surface area contributed by atoms with Gasteiger partial charge in [-0.05, 0) is 29.8 Å². The third-order valence-corrected chi connectivity index (χ3v) is 2.10. The fraction of sp³-hybridized carbons (Fsp3) is 0.0909. The predicted molar refractivity (Wildman–Crippen MR) is 58.4 cm³/mol. The Labute approximate surface area is 91.1 Å². The summed E-state index contributed by atoms with van der Waals surface area (Å²) in [7, 11) is 0. The Morgan fingerprint density at radius 3 is 2.88 bits per heavy atom. The first-order chi connectivity index (χ1) is 7.65. The van der Waals surface area contributed by atoms with Crippen LogP contribution in [0.2, 0.25) is 0 Å². The van der Waals surface area contributed by atoms with E-state index in [0.717, 1.165) is 0 Å². The largest absolute Gasteiger partial charge is 0.399 e. The molecule has 0 spiro atoms. The van der Waals surface area contributed by atoms with E-state index in [1.807, 2.05) is 0 Å². The number of anilines is 1. The van der Waals surface area contributed by atoms with Gasteiger partial charge in [0.15, 0.2) is 0 Å². The molecule has 0 aliphatic rings. The van der Waals surface area contributed by atoms with Gasteiger partial charge in [0.25, 0.3) is 5.56 Å². The Kier molecular flexibility index (Phi) is 2.68. The number of nitrogens with zero attached hydrogens (tertiary/aromatic N) is 2. The molecule has 16 heavy (non-hydrogen) atoms. The molecule has 0 bridgehead atoms. The van der Waals surface area contributed by atoms with Crippen LogP contribution in [0.15, 0.2) is 41.3 Å². The average molecular weight is 219 g/mol. The van der Waals surface area contributed by atoms with E-state index in [4.69, 9.17) is 5.73 Å². The van der Waals surface area contributed by atoms with Gasteiger partial charge in [-0.1, -0.05) is 0 Å². The average Bonchev–Trinajstić information content (AvgIpc) is 2.20. The van der Waals surface area contributed by atoms with Crippen molar-refractivity contribution in [1.82, 2.24) is 9.78 Å². The fourth-order valence-electron chi connectivity index (χ4n) is 1.45. The summed E-state index contributed by atoms with van der Waals surface area (Å²) in [5, 5.41) is 3.87. The number of halogens is 1. The van der Waals surface area contributed by atoms with Gasteiger partial charge in [-0.2, -0.15) is 5.10 Å². The van der Waals surface area contributed by atoms with E-state index < -0.39 is 5.82 Å². The summed E-state index contributed by atoms with van der Waals surface area (Å²) in [6.45, 7) is 0.210. The number of aromatic nitrogens is 2. The number of rotatable bonds is 2. The van der Waals surface area contributed by atoms with E-state index in [1.54, 1.807) is 12.1 Å². The molecule has 1 aromatic carbocycles. The third kappa shape index (κ3) is 2.25. The van der Waals surface area contributed by atoms with Gasteiger partial charge in [-0.15, -0.1) is 0 Å². The minimum absolute atomic E-state index is 0.210. The van der Waals surface area contributed by atoms with Crippen molar-refractivity contribution in [3.63, 3.8) is 0 Å². The molecular weight excluding hydrogens is 209 g/mol. The number of nitrogen functional groups attached to an aromatic ring is 1. The van der Waals surface area contributed by atoms with Crippen molar-refractivity contribution in [2.24, 2.45) is 0 Å². The fourth-order valence-corrected chi connectivity index (χ4v) is 1.45. The summed E-state index contributed by atoms with van der Waals surface area (Å²) < 4.78 is 14.3. The first kappa shape index (κ1) is 10.4. The zero-order chi connectivity index (χ0) is 11.5. The summed E-state index contributed by atoms with van der Waals surface area (Å²) in [4.78, 5) is 11.4. The maximum atomic E-state index is 13.0. The summed E-state index contributed by atoms with van der Waals surface area (Å²) in [6, 6.07) is 7.13. The van der Waals surface area contributed by atoms with Crippen LogP contribution < -0.4 is 11.3 Å². The highest BCUT2D eigenvalue weighted by Crippen LogP contribution is 2.10. The van der Waals surface area contributed by atoms with Crippen molar-refractivity contribution < 1.29 is 4.39 Å². The van der Waals surface area contributed by atoms with Crippen molar-refractivity contribution in [1.29, 1.82) is 0 Å². The van der Waals surface area contributed by atoms with Crippen LogP contribution in [-0.4, -0.2) is 9.78 Å². The second-order valence-corrected chi connectivity index (χ2v) is 3.41. The maximum absolute atomic E-state index is 13.0. The van der Waals surface area contributed by atoms with Gasteiger partial charge in [-0.25, -0.2) is 9.07 Å². The van der Waals surface area contributed by atoms with Crippen molar-refractivity contribution in [2.75, 3.05) is 5.73 Å². The predicted octanol–water partition coefficient (Wildman–Crippen LogP) is 1.01. The molecule has 0 radical (unpaired) electrons. The van der Waals surface area contributed by atoms with Crippen molar-refractivity contribution in [2.45, 2.75) is 6.54 Å². The Morgan fingerprint density at radius 2 is 2.19 bits per heavy atom. The van der Waals surface area contributed by atoms with E-state index in [2.05, 4.69) is 5.10 Å². The van der Waals surface area contributed by atoms with Gasteiger partial charge in [-0.3, -0.25) is 4.79 Å². The van der Waals surface area contributed by atoms with Gasteiger partial charge in [0.2, 0.25) is 0 Å². The van der Waals surface area contributed by atoms with Gasteiger partial charge in [0, 0.05) is 18.0 Å². The monoisotopic (exact) mass is 219 g/mol. The Hall–Kier alpha value is -2.17. The van der Waals surface area contributed by atoms with Crippen LogP contribution in [0.25, 0.3) is 0 Å². The highest BCUT2D eigenvalue weighted by molar-refractivity contribution is 5.41. The highest BCUT2D eigenvalue weighted by Gasteiger charge is 2.01. The van der Waals surface area contributed by atoms with Crippen molar-refractivity contribution in [3.8, 4) is 0 Å². The first-order valence-corrected chi connectivity index (χ1v) is 4.72. The smallest absolute Gasteiger partial charge is 0.267 e. The molecular formula is C11H10FN3O. The minimum atomic E-state index is -0.418. The molecule has 0 aliphatic carbocycles. The van der Waals surface area contributed by atoms with E-state index in [0.29, 0.717) is 11.3 Å². The standard InChI is InChI=1S/C11H10FN3O/c12-9-4-8(5-10(13)6-9)7-15-11(16)2-1-3-14-15/h1-6H,7,13H2. The molecule has 0 atom stereocenters. The lowest BCUT2D eigenvalue weighted by Crippen LogP contribution is -2.21. The molecule has 0 unspecified atom stereocenters. The van der Waals surface area contributed by atoms with Crippen molar-refractivity contribution >= 4 is 5.69 Å². The molecule has 0 aliphatic heterocycles. The SMILES string of the molecule is Nc1cc(F)cc(Cn2ncccc2=O)c1. The molecule has 1 heterocycles. The first-order valence-electron chi connectivity index (χ1n) is 4.72. The second-order valence-electron chi connectivity index (χ2n) is 3.41. The lowest BCUT2D eigenvalue weighted by Gasteiger charge is -2.04. The van der Waals surface area contributed by atoms with Crippen molar-refractivity contribution in [3.05, 3.63) is 58.3 Å². The third-order valence-electron chi connectivity index (χ3n) is 2.10. The van der Waals surface area contributed by atoms with Crippen LogP contribution in [0, 0.1) is 5.82 Å². The summed E-state index contributed by atoms with van der Waals surface area (Å²) in [5.41, 5.74) is 6.21. The molecule has 0 fully saturated rings. The zero-order valence-electron chi connectivity index (χ0n) is 8.43. The molecule has 0 saturated heterocycles. The van der Waals surface area contributed by atoms with E-state index in [-0.39, 0.29) is 12.1 Å². The minimum Gasteiger partial charge on any atom is -0.399 e. The summed E-state index contributed by atoms with van der Waals surface area (Å²) in [5.74, 6) is -0.418. The van der Waals surface area contributed by atoms with E-state index in [9.17, 15) is 9.18 Å². The molecule has 82 valence electrons. The van der Waals surface area contributed by atoms with Crippen LogP contribution in [0.5, 0.6) is 0 Å². The number of benzene rings is 1. The van der Waals surface area contributed by atoms with Crippen LogP contribution in [0.3, 0.4) is 0 Å². The Morgan fingerprint density at radius 1 is 1.38 bits per heavy atom. The number of nitrogens with two attached hydrogens (primary N) is 1. The van der Waals surface area contributed by atoms with Crippen LogP contribution in [0.1, 0.15) is 5.56 Å². The highest BCUT2D eigenvalue weighted by atomic mass is 19.1. The molecule has 0 saturated carbocycles. The van der Waals surface area contributed by atoms with Gasteiger partial charge < -0.3 is 5.73 Å². The van der Waals surface area contributed by atoms with E-state index in [1.165, 1.54) is 29.1 Å². The molecule has 2 rings (SSSR count). The maximum Gasteiger partial charge on any atom is 0.267 e. The number of hydrogen-bond acceptors (Lipinski definition) is 3. The van der Waals surface area contributed by atoms with Crippen LogP contribution in [0.4, 0.5) is 10.1 Å². The zero-order valence-corrected chi connectivity index (χ0v) is 8.43. The molecule has 4 nitrogen and oxygen atoms in total. The topological polar surface area (TPSA) is 60.9 Å². The molecule has 1 aromatic heterocycles. The molecule has 2 aromatic rings. The van der Waals surface area contributed by atoms with Crippen LogP contribution in [-0.2, 0) is 6.54 Å². The normalized spacial score (nSPS) is 10.3. The van der Waals surface area contributed by atoms with E-state index >= 15 is 0 Å². The van der Waals surface area contributed by atoms with Gasteiger partial charge in [0.1, 0.15) is 5.82 Å². The van der Waals surface area contributed by atoms with Gasteiger partial charge in [0.05, 0.1) is 6.54 Å². The lowest BCUT2D eigenvalue weighted by molar-refractivity contribution is 0.611. The summed E-state index contributed by atoms with van der Waals surface area (Å²) >= 11 is 0. The Balaban J connectivity index is 2.34.